The van der Waals surface area contributed by atoms with Gasteiger partial charge in [0.05, 0.1) is 0 Å². The summed E-state index contributed by atoms with van der Waals surface area (Å²) in [5.74, 6) is 0.0859. The topological polar surface area (TPSA) is 41.4 Å². The lowest BCUT2D eigenvalue weighted by Gasteiger charge is -2.37. The first-order chi connectivity index (χ1) is 11.1. The molecular weight excluding hydrogens is 288 g/mol. The highest BCUT2D eigenvalue weighted by atomic mass is 16.2. The van der Waals surface area contributed by atoms with Crippen LogP contribution in [-0.2, 0) is 13.6 Å². The summed E-state index contributed by atoms with van der Waals surface area (Å²) in [5.41, 5.74) is 1.97. The van der Waals surface area contributed by atoms with Gasteiger partial charge in [-0.05, 0) is 31.5 Å². The number of hydrogen-bond acceptors (Lipinski definition) is 3. The molecule has 5 nitrogen and oxygen atoms in total. The molecule has 0 N–H and O–H groups in total. The van der Waals surface area contributed by atoms with E-state index < -0.39 is 0 Å². The molecule has 1 amide bonds. The van der Waals surface area contributed by atoms with E-state index >= 15 is 0 Å². The third-order valence-electron chi connectivity index (χ3n) is 4.62. The molecular formula is C18H24N4O. The Hall–Kier alpha value is -2.14. The maximum Gasteiger partial charge on any atom is 0.272 e. The second-order valence-corrected chi connectivity index (χ2v) is 6.29. The van der Waals surface area contributed by atoms with Crippen LogP contribution in [0.4, 0.5) is 0 Å². The second-order valence-electron chi connectivity index (χ2n) is 6.29. The number of aryl methyl sites for hydroxylation is 1. The minimum absolute atomic E-state index is 0.0859. The third kappa shape index (κ3) is 3.62. The van der Waals surface area contributed by atoms with Gasteiger partial charge in [-0.2, -0.15) is 5.10 Å². The van der Waals surface area contributed by atoms with Crippen molar-refractivity contribution >= 4 is 5.91 Å². The molecule has 1 aromatic heterocycles. The van der Waals surface area contributed by atoms with E-state index in [1.165, 1.54) is 5.56 Å². The van der Waals surface area contributed by atoms with Crippen molar-refractivity contribution in [1.29, 1.82) is 0 Å². The van der Waals surface area contributed by atoms with E-state index in [-0.39, 0.29) is 5.91 Å². The van der Waals surface area contributed by atoms with Gasteiger partial charge in [-0.25, -0.2) is 0 Å². The quantitative estimate of drug-likeness (QED) is 0.869. The Bertz CT molecular complexity index is 652. The van der Waals surface area contributed by atoms with Gasteiger partial charge in [0.1, 0.15) is 5.69 Å². The van der Waals surface area contributed by atoms with Gasteiger partial charge in [0.25, 0.3) is 5.91 Å². The molecule has 0 radical (unpaired) electrons. The van der Waals surface area contributed by atoms with E-state index in [1.807, 2.05) is 18.0 Å². The van der Waals surface area contributed by atoms with Crippen LogP contribution in [0, 0.1) is 0 Å². The number of rotatable bonds is 4. The van der Waals surface area contributed by atoms with Crippen LogP contribution in [0.1, 0.15) is 28.9 Å². The van der Waals surface area contributed by atoms with Crippen molar-refractivity contribution in [3.05, 3.63) is 53.9 Å². The largest absolute Gasteiger partial charge is 0.336 e. The average molecular weight is 312 g/mol. The molecule has 1 aliphatic rings. The molecule has 3 rings (SSSR count). The van der Waals surface area contributed by atoms with Crippen molar-refractivity contribution in [2.24, 2.45) is 7.05 Å². The highest BCUT2D eigenvalue weighted by Gasteiger charge is 2.27. The summed E-state index contributed by atoms with van der Waals surface area (Å²) in [6.45, 7) is 2.53. The number of amides is 1. The van der Waals surface area contributed by atoms with Crippen molar-refractivity contribution in [1.82, 2.24) is 19.6 Å². The lowest BCUT2D eigenvalue weighted by Crippen LogP contribution is -2.48. The predicted octanol–water partition coefficient (Wildman–Crippen LogP) is 2.16. The van der Waals surface area contributed by atoms with E-state index in [4.69, 9.17) is 0 Å². The Morgan fingerprint density at radius 3 is 2.78 bits per heavy atom. The summed E-state index contributed by atoms with van der Waals surface area (Å²) in [6.07, 6.45) is 3.86. The van der Waals surface area contributed by atoms with Gasteiger partial charge in [-0.1, -0.05) is 30.3 Å². The van der Waals surface area contributed by atoms with Crippen molar-refractivity contribution < 1.29 is 4.79 Å². The number of hydrogen-bond donors (Lipinski definition) is 0. The summed E-state index contributed by atoms with van der Waals surface area (Å²) in [6, 6.07) is 12.7. The number of aromatic nitrogens is 2. The zero-order valence-corrected chi connectivity index (χ0v) is 13.9. The molecule has 2 aromatic rings. The zero-order chi connectivity index (χ0) is 16.2. The molecule has 0 bridgehead atoms. The smallest absolute Gasteiger partial charge is 0.272 e. The van der Waals surface area contributed by atoms with Crippen LogP contribution in [0.25, 0.3) is 0 Å². The summed E-state index contributed by atoms with van der Waals surface area (Å²) in [7, 11) is 3.96. The minimum atomic E-state index is 0.0859. The molecule has 1 fully saturated rings. The molecule has 1 aromatic carbocycles. The van der Waals surface area contributed by atoms with Crippen molar-refractivity contribution in [2.75, 3.05) is 20.1 Å². The number of nitrogens with zero attached hydrogens (tertiary/aromatic N) is 4. The van der Waals surface area contributed by atoms with Crippen LogP contribution in [-0.4, -0.2) is 51.7 Å². The molecule has 1 aliphatic heterocycles. The molecule has 0 aliphatic carbocycles. The van der Waals surface area contributed by atoms with Crippen LogP contribution < -0.4 is 0 Å². The number of likely N-dealkylation sites (N-methyl/N-ethyl adjacent to an activating group) is 1. The third-order valence-corrected chi connectivity index (χ3v) is 4.62. The highest BCUT2D eigenvalue weighted by Crippen LogP contribution is 2.18. The molecule has 122 valence electrons. The van der Waals surface area contributed by atoms with E-state index in [0.717, 1.165) is 32.5 Å². The van der Waals surface area contributed by atoms with E-state index in [0.29, 0.717) is 11.7 Å². The van der Waals surface area contributed by atoms with Gasteiger partial charge >= 0.3 is 0 Å². The summed E-state index contributed by atoms with van der Waals surface area (Å²) < 4.78 is 1.65. The lowest BCUT2D eigenvalue weighted by atomic mass is 10.0. The Labute approximate surface area is 137 Å². The number of carbonyl (C=O) groups excluding carboxylic acids is 1. The lowest BCUT2D eigenvalue weighted by molar-refractivity contribution is 0.0592. The molecule has 23 heavy (non-hydrogen) atoms. The van der Waals surface area contributed by atoms with Gasteiger partial charge in [-0.3, -0.25) is 14.4 Å². The van der Waals surface area contributed by atoms with Crippen LogP contribution in [0.3, 0.4) is 0 Å². The number of likely N-dealkylation sites (tertiary alicyclic amines) is 1. The Kier molecular flexibility index (Phi) is 4.76. The molecule has 2 heterocycles. The fourth-order valence-corrected chi connectivity index (χ4v) is 3.25. The van der Waals surface area contributed by atoms with Gasteiger partial charge < -0.3 is 4.90 Å². The van der Waals surface area contributed by atoms with Crippen molar-refractivity contribution in [3.63, 3.8) is 0 Å². The van der Waals surface area contributed by atoms with Crippen LogP contribution >= 0.6 is 0 Å². The molecule has 1 saturated heterocycles. The number of carbonyl (C=O) groups is 1. The van der Waals surface area contributed by atoms with Crippen molar-refractivity contribution in [3.8, 4) is 0 Å². The van der Waals surface area contributed by atoms with E-state index in [9.17, 15) is 4.79 Å². The first kappa shape index (κ1) is 15.7. The fourth-order valence-electron chi connectivity index (χ4n) is 3.25. The number of benzene rings is 1. The van der Waals surface area contributed by atoms with Crippen molar-refractivity contribution in [2.45, 2.75) is 25.4 Å². The first-order valence-corrected chi connectivity index (χ1v) is 8.16. The minimum Gasteiger partial charge on any atom is -0.336 e. The summed E-state index contributed by atoms with van der Waals surface area (Å²) in [5, 5.41) is 4.10. The highest BCUT2D eigenvalue weighted by molar-refractivity contribution is 5.92. The Morgan fingerprint density at radius 2 is 2.09 bits per heavy atom. The van der Waals surface area contributed by atoms with Gasteiger partial charge in [0.15, 0.2) is 0 Å². The Balaban J connectivity index is 1.64. The molecule has 1 atom stereocenters. The van der Waals surface area contributed by atoms with Gasteiger partial charge in [0, 0.05) is 38.9 Å². The van der Waals surface area contributed by atoms with Crippen LogP contribution in [0.5, 0.6) is 0 Å². The maximum absolute atomic E-state index is 12.7. The summed E-state index contributed by atoms with van der Waals surface area (Å²) >= 11 is 0. The van der Waals surface area contributed by atoms with Crippen LogP contribution in [0.15, 0.2) is 42.6 Å². The monoisotopic (exact) mass is 312 g/mol. The molecule has 0 saturated carbocycles. The average Bonchev–Trinajstić information content (AvgIpc) is 3.01. The number of piperidine rings is 1. The van der Waals surface area contributed by atoms with Gasteiger partial charge in [-0.15, -0.1) is 0 Å². The molecule has 1 unspecified atom stereocenters. The summed E-state index contributed by atoms with van der Waals surface area (Å²) in [4.78, 5) is 17.0. The van der Waals surface area contributed by atoms with Gasteiger partial charge in [0.2, 0.25) is 0 Å². The normalized spacial score (nSPS) is 18.4. The van der Waals surface area contributed by atoms with E-state index in [1.54, 1.807) is 16.9 Å². The van der Waals surface area contributed by atoms with E-state index in [2.05, 4.69) is 41.3 Å². The maximum atomic E-state index is 12.7. The molecule has 0 spiro atoms. The van der Waals surface area contributed by atoms with Crippen LogP contribution in [0.2, 0.25) is 0 Å². The Morgan fingerprint density at radius 1 is 1.30 bits per heavy atom. The first-order valence-electron chi connectivity index (χ1n) is 8.16. The zero-order valence-electron chi connectivity index (χ0n) is 13.9. The SMILES string of the molecule is CN(Cc1ccccc1)C1CCCN(C(=O)c2ccnn2C)C1. The molecule has 5 heteroatoms. The predicted molar refractivity (Wildman–Crippen MR) is 90.0 cm³/mol. The standard InChI is InChI=1S/C18H24N4O/c1-20(13-15-7-4-3-5-8-15)16-9-6-12-22(14-16)18(23)17-10-11-19-21(17)2/h3-5,7-8,10-11,16H,6,9,12-14H2,1-2H3. The second kappa shape index (κ2) is 6.96. The fraction of sp³-hybridized carbons (Fsp3) is 0.444.